The molecule has 90 valence electrons. The number of rotatable bonds is 7. The van der Waals surface area contributed by atoms with E-state index in [1.54, 1.807) is 0 Å². The van der Waals surface area contributed by atoms with Gasteiger partial charge in [-0.3, -0.25) is 0 Å². The van der Waals surface area contributed by atoms with Gasteiger partial charge < -0.3 is 9.52 Å². The van der Waals surface area contributed by atoms with Crippen molar-refractivity contribution in [3.8, 4) is 0 Å². The lowest BCUT2D eigenvalue weighted by Gasteiger charge is -2.10. The molecule has 2 nitrogen and oxygen atoms in total. The summed E-state index contributed by atoms with van der Waals surface area (Å²) >= 11 is 0. The predicted molar refractivity (Wildman–Crippen MR) is 66.3 cm³/mol. The summed E-state index contributed by atoms with van der Waals surface area (Å²) in [6, 6.07) is 3.85. The molecule has 0 aliphatic rings. The first-order valence-electron chi connectivity index (χ1n) is 6.02. The largest absolute Gasteiger partial charge is 0.463 e. The lowest BCUT2D eigenvalue weighted by molar-refractivity contribution is 0.101. The van der Waals surface area contributed by atoms with E-state index in [1.807, 2.05) is 32.1 Å². The molecule has 0 aromatic carbocycles. The van der Waals surface area contributed by atoms with Gasteiger partial charge in [0.1, 0.15) is 17.6 Å². The van der Waals surface area contributed by atoms with Gasteiger partial charge in [-0.2, -0.15) is 0 Å². The number of allylic oxidation sites excluding steroid dienone is 1. The van der Waals surface area contributed by atoms with Crippen LogP contribution in [0.3, 0.4) is 0 Å². The van der Waals surface area contributed by atoms with Crippen LogP contribution in [0.15, 0.2) is 29.2 Å². The minimum atomic E-state index is -0.484. The molecule has 0 aliphatic carbocycles. The molecule has 1 rings (SSSR count). The first-order valence-corrected chi connectivity index (χ1v) is 6.02. The van der Waals surface area contributed by atoms with Crippen molar-refractivity contribution in [3.05, 3.63) is 36.3 Å². The van der Waals surface area contributed by atoms with Crippen LogP contribution in [0.2, 0.25) is 0 Å². The summed E-state index contributed by atoms with van der Waals surface area (Å²) in [6.07, 6.45) is 5.71. The maximum Gasteiger partial charge on any atom is 0.132 e. The molecule has 0 spiro atoms. The Hall–Kier alpha value is -1.02. The Morgan fingerprint density at radius 2 is 2.12 bits per heavy atom. The second-order valence-electron chi connectivity index (χ2n) is 4.53. The molecule has 0 fully saturated rings. The highest BCUT2D eigenvalue weighted by atomic mass is 16.4. The zero-order valence-corrected chi connectivity index (χ0v) is 10.3. The van der Waals surface area contributed by atoms with Gasteiger partial charge in [-0.1, -0.05) is 19.9 Å². The molecule has 0 amide bonds. The average Bonchev–Trinajstić information content (AvgIpc) is 2.72. The van der Waals surface area contributed by atoms with E-state index in [1.165, 1.54) is 0 Å². The number of unbranched alkanes of at least 4 members (excludes halogenated alkanes) is 2. The predicted octanol–water partition coefficient (Wildman–Crippen LogP) is 3.87. The highest BCUT2D eigenvalue weighted by Crippen LogP contribution is 2.23. The van der Waals surface area contributed by atoms with Gasteiger partial charge in [-0.25, -0.2) is 0 Å². The van der Waals surface area contributed by atoms with Crippen LogP contribution in [0, 0.1) is 5.92 Å². The van der Waals surface area contributed by atoms with Gasteiger partial charge in [0.25, 0.3) is 0 Å². The van der Waals surface area contributed by atoms with Crippen LogP contribution in [0.4, 0.5) is 0 Å². The van der Waals surface area contributed by atoms with E-state index in [2.05, 4.69) is 6.58 Å². The van der Waals surface area contributed by atoms with Crippen molar-refractivity contribution >= 4 is 0 Å². The first-order chi connectivity index (χ1) is 7.65. The second kappa shape index (κ2) is 6.54. The van der Waals surface area contributed by atoms with Crippen molar-refractivity contribution < 1.29 is 9.52 Å². The summed E-state index contributed by atoms with van der Waals surface area (Å²) in [7, 11) is 0. The molecule has 0 saturated carbocycles. The van der Waals surface area contributed by atoms with E-state index in [9.17, 15) is 5.11 Å². The Kier molecular flexibility index (Phi) is 5.33. The molecule has 0 aliphatic heterocycles. The molecule has 2 heteroatoms. The standard InChI is InChI=1S/C14H22O2/c1-4-5-6-7-8-12-9-10-13(16-12)14(15)11(2)3/h4,9-11,14-15H,1,5-8H2,2-3H3/t14-/m1/s1. The summed E-state index contributed by atoms with van der Waals surface area (Å²) in [5, 5.41) is 9.81. The highest BCUT2D eigenvalue weighted by Gasteiger charge is 2.15. The molecule has 0 radical (unpaired) electrons. The van der Waals surface area contributed by atoms with Crippen LogP contribution >= 0.6 is 0 Å². The lowest BCUT2D eigenvalue weighted by Crippen LogP contribution is -2.03. The third kappa shape index (κ3) is 3.86. The Bertz CT molecular complexity index is 312. The van der Waals surface area contributed by atoms with Crippen molar-refractivity contribution in [2.45, 2.75) is 45.6 Å². The Labute approximate surface area is 98.0 Å². The number of hydrogen-bond acceptors (Lipinski definition) is 2. The van der Waals surface area contributed by atoms with Crippen LogP contribution in [0.1, 0.15) is 50.7 Å². The van der Waals surface area contributed by atoms with Crippen molar-refractivity contribution in [1.29, 1.82) is 0 Å². The van der Waals surface area contributed by atoms with Crippen molar-refractivity contribution in [2.75, 3.05) is 0 Å². The molecule has 1 N–H and O–H groups in total. The molecule has 1 aromatic rings. The molecule has 0 saturated heterocycles. The molecular weight excluding hydrogens is 200 g/mol. The Balaban J connectivity index is 2.42. The Morgan fingerprint density at radius 1 is 1.38 bits per heavy atom. The third-order valence-electron chi connectivity index (χ3n) is 2.69. The minimum absolute atomic E-state index is 0.194. The lowest BCUT2D eigenvalue weighted by atomic mass is 10.1. The molecule has 0 bridgehead atoms. The average molecular weight is 222 g/mol. The molecule has 16 heavy (non-hydrogen) atoms. The van der Waals surface area contributed by atoms with Gasteiger partial charge in [-0.05, 0) is 37.3 Å². The van der Waals surface area contributed by atoms with Crippen LogP contribution in [-0.2, 0) is 6.42 Å². The number of aryl methyl sites for hydroxylation is 1. The maximum atomic E-state index is 9.81. The zero-order chi connectivity index (χ0) is 12.0. The van der Waals surface area contributed by atoms with E-state index in [0.717, 1.165) is 31.4 Å². The number of hydrogen-bond donors (Lipinski definition) is 1. The van der Waals surface area contributed by atoms with Gasteiger partial charge in [-0.15, -0.1) is 6.58 Å². The highest BCUT2D eigenvalue weighted by molar-refractivity contribution is 5.10. The van der Waals surface area contributed by atoms with Gasteiger partial charge in [0.2, 0.25) is 0 Å². The van der Waals surface area contributed by atoms with E-state index < -0.39 is 6.10 Å². The van der Waals surface area contributed by atoms with E-state index in [-0.39, 0.29) is 5.92 Å². The van der Waals surface area contributed by atoms with Gasteiger partial charge in [0.15, 0.2) is 0 Å². The monoisotopic (exact) mass is 222 g/mol. The third-order valence-corrected chi connectivity index (χ3v) is 2.69. The van der Waals surface area contributed by atoms with Crippen LogP contribution in [0.25, 0.3) is 0 Å². The fourth-order valence-electron chi connectivity index (χ4n) is 1.60. The Morgan fingerprint density at radius 3 is 2.75 bits per heavy atom. The number of aliphatic hydroxyl groups excluding tert-OH is 1. The fraction of sp³-hybridized carbons (Fsp3) is 0.571. The molecule has 1 heterocycles. The smallest absolute Gasteiger partial charge is 0.132 e. The summed E-state index contributed by atoms with van der Waals surface area (Å²) in [6.45, 7) is 7.66. The first kappa shape index (κ1) is 13.0. The normalized spacial score (nSPS) is 13.0. The molecule has 1 atom stereocenters. The summed E-state index contributed by atoms with van der Waals surface area (Å²) < 4.78 is 5.61. The second-order valence-corrected chi connectivity index (χ2v) is 4.53. The number of aliphatic hydroxyl groups is 1. The van der Waals surface area contributed by atoms with Crippen LogP contribution < -0.4 is 0 Å². The van der Waals surface area contributed by atoms with Crippen molar-refractivity contribution in [1.82, 2.24) is 0 Å². The number of furan rings is 1. The fourth-order valence-corrected chi connectivity index (χ4v) is 1.60. The summed E-state index contributed by atoms with van der Waals surface area (Å²) in [4.78, 5) is 0. The van der Waals surface area contributed by atoms with Crippen molar-refractivity contribution in [3.63, 3.8) is 0 Å². The van der Waals surface area contributed by atoms with Gasteiger partial charge in [0.05, 0.1) is 0 Å². The minimum Gasteiger partial charge on any atom is -0.463 e. The SMILES string of the molecule is C=CCCCCc1ccc([C@H](O)C(C)C)o1. The molecule has 0 unspecified atom stereocenters. The van der Waals surface area contributed by atoms with Crippen molar-refractivity contribution in [2.24, 2.45) is 5.92 Å². The van der Waals surface area contributed by atoms with Crippen LogP contribution in [-0.4, -0.2) is 5.11 Å². The summed E-state index contributed by atoms with van der Waals surface area (Å²) in [5.74, 6) is 1.85. The van der Waals surface area contributed by atoms with Gasteiger partial charge >= 0.3 is 0 Å². The topological polar surface area (TPSA) is 33.4 Å². The van der Waals surface area contributed by atoms with Gasteiger partial charge in [0, 0.05) is 6.42 Å². The summed E-state index contributed by atoms with van der Waals surface area (Å²) in [5.41, 5.74) is 0. The quantitative estimate of drug-likeness (QED) is 0.561. The molecule has 1 aromatic heterocycles. The van der Waals surface area contributed by atoms with E-state index in [4.69, 9.17) is 4.42 Å². The van der Waals surface area contributed by atoms with E-state index >= 15 is 0 Å². The maximum absolute atomic E-state index is 9.81. The van der Waals surface area contributed by atoms with Crippen LogP contribution in [0.5, 0.6) is 0 Å². The zero-order valence-electron chi connectivity index (χ0n) is 10.3. The van der Waals surface area contributed by atoms with E-state index in [0.29, 0.717) is 5.76 Å². The molecular formula is C14H22O2.